The van der Waals surface area contributed by atoms with Gasteiger partial charge in [0, 0.05) is 5.69 Å². The number of anilines is 1. The molecular weight excluding hydrogens is 309 g/mol. The van der Waals surface area contributed by atoms with Crippen LogP contribution >= 0.6 is 0 Å². The van der Waals surface area contributed by atoms with Crippen LogP contribution in [0.5, 0.6) is 0 Å². The molecule has 1 N–H and O–H groups in total. The smallest absolute Gasteiger partial charge is 0.291 e. The van der Waals surface area contributed by atoms with Crippen molar-refractivity contribution >= 4 is 11.6 Å². The van der Waals surface area contributed by atoms with E-state index in [9.17, 15) is 9.18 Å². The molecule has 1 aromatic carbocycles. The average molecular weight is 327 g/mol. The fraction of sp³-hybridized carbons (Fsp3) is 0.222. The lowest BCUT2D eigenvalue weighted by molar-refractivity contribution is 0.0994. The summed E-state index contributed by atoms with van der Waals surface area (Å²) in [4.78, 5) is 12.2. The number of benzene rings is 1. The monoisotopic (exact) mass is 327 g/mol. The van der Waals surface area contributed by atoms with Crippen LogP contribution in [-0.2, 0) is 6.54 Å². The van der Waals surface area contributed by atoms with E-state index in [2.05, 4.69) is 10.4 Å². The number of carbonyl (C=O) groups is 1. The minimum atomic E-state index is -0.487. The Morgan fingerprint density at radius 3 is 2.71 bits per heavy atom. The highest BCUT2D eigenvalue weighted by Crippen LogP contribution is 2.18. The molecule has 3 rings (SSSR count). The van der Waals surface area contributed by atoms with Gasteiger partial charge in [0.25, 0.3) is 5.91 Å². The first-order chi connectivity index (χ1) is 11.4. The van der Waals surface area contributed by atoms with Crippen LogP contribution in [0.2, 0.25) is 0 Å². The van der Waals surface area contributed by atoms with Crippen LogP contribution in [-0.4, -0.2) is 15.7 Å². The summed E-state index contributed by atoms with van der Waals surface area (Å²) < 4.78 is 21.1. The van der Waals surface area contributed by atoms with Crippen molar-refractivity contribution in [1.82, 2.24) is 9.78 Å². The number of aromatic nitrogens is 2. The first kappa shape index (κ1) is 16.0. The van der Waals surface area contributed by atoms with Crippen molar-refractivity contribution in [1.29, 1.82) is 0 Å². The van der Waals surface area contributed by atoms with E-state index in [1.165, 1.54) is 6.07 Å². The van der Waals surface area contributed by atoms with Gasteiger partial charge >= 0.3 is 0 Å². The Bertz CT molecular complexity index is 896. The van der Waals surface area contributed by atoms with Gasteiger partial charge in [-0.15, -0.1) is 0 Å². The topological polar surface area (TPSA) is 60.1 Å². The third-order valence-corrected chi connectivity index (χ3v) is 3.66. The van der Waals surface area contributed by atoms with E-state index in [0.29, 0.717) is 12.3 Å². The lowest BCUT2D eigenvalue weighted by Crippen LogP contribution is -2.12. The van der Waals surface area contributed by atoms with Crippen LogP contribution < -0.4 is 5.32 Å². The highest BCUT2D eigenvalue weighted by Gasteiger charge is 2.14. The van der Waals surface area contributed by atoms with Crippen LogP contribution in [0.1, 0.15) is 33.3 Å². The maximum atomic E-state index is 13.7. The fourth-order valence-electron chi connectivity index (χ4n) is 2.49. The zero-order valence-corrected chi connectivity index (χ0v) is 13.8. The van der Waals surface area contributed by atoms with E-state index < -0.39 is 11.7 Å². The molecule has 0 spiro atoms. The summed E-state index contributed by atoms with van der Waals surface area (Å²) in [7, 11) is 0. The number of furan rings is 1. The zero-order valence-electron chi connectivity index (χ0n) is 13.8. The average Bonchev–Trinajstić information content (AvgIpc) is 3.10. The molecule has 0 saturated carbocycles. The van der Waals surface area contributed by atoms with Gasteiger partial charge in [-0.25, -0.2) is 4.39 Å². The van der Waals surface area contributed by atoms with E-state index in [-0.39, 0.29) is 11.4 Å². The number of nitrogens with zero attached hydrogens (tertiary/aromatic N) is 2. The molecule has 0 aliphatic rings. The predicted molar refractivity (Wildman–Crippen MR) is 88.6 cm³/mol. The van der Waals surface area contributed by atoms with Crippen LogP contribution in [0, 0.1) is 26.6 Å². The van der Waals surface area contributed by atoms with Crippen LogP contribution in [0.3, 0.4) is 0 Å². The summed E-state index contributed by atoms with van der Waals surface area (Å²) in [6.45, 7) is 6.14. The molecule has 0 aliphatic carbocycles. The molecule has 0 atom stereocenters. The summed E-state index contributed by atoms with van der Waals surface area (Å²) in [6.07, 6.45) is 0. The summed E-state index contributed by atoms with van der Waals surface area (Å²) in [5, 5.41) is 6.89. The van der Waals surface area contributed by atoms with Crippen LogP contribution in [0.25, 0.3) is 0 Å². The zero-order chi connectivity index (χ0) is 17.3. The van der Waals surface area contributed by atoms with Crippen molar-refractivity contribution in [3.05, 3.63) is 70.7 Å². The maximum absolute atomic E-state index is 13.7. The summed E-state index contributed by atoms with van der Waals surface area (Å²) in [5.74, 6) is -0.231. The molecule has 6 heteroatoms. The van der Waals surface area contributed by atoms with E-state index in [0.717, 1.165) is 17.0 Å². The highest BCUT2D eigenvalue weighted by molar-refractivity contribution is 6.02. The molecule has 2 aromatic heterocycles. The first-order valence-corrected chi connectivity index (χ1v) is 7.59. The Hall–Kier alpha value is -2.89. The third kappa shape index (κ3) is 3.37. The molecule has 0 bridgehead atoms. The van der Waals surface area contributed by atoms with Crippen molar-refractivity contribution in [3.63, 3.8) is 0 Å². The molecule has 0 radical (unpaired) electrons. The minimum absolute atomic E-state index is 0.132. The Labute approximate surface area is 139 Å². The van der Waals surface area contributed by atoms with Gasteiger partial charge in [0.1, 0.15) is 11.6 Å². The van der Waals surface area contributed by atoms with Gasteiger partial charge < -0.3 is 9.73 Å². The number of hydrogen-bond donors (Lipinski definition) is 1. The largest absolute Gasteiger partial charge is 0.454 e. The normalized spacial score (nSPS) is 10.8. The van der Waals surface area contributed by atoms with Gasteiger partial charge in [0.05, 0.1) is 17.9 Å². The number of aryl methyl sites for hydroxylation is 3. The van der Waals surface area contributed by atoms with E-state index in [4.69, 9.17) is 4.42 Å². The third-order valence-electron chi connectivity index (χ3n) is 3.66. The highest BCUT2D eigenvalue weighted by atomic mass is 19.1. The quantitative estimate of drug-likeness (QED) is 0.792. The van der Waals surface area contributed by atoms with E-state index in [1.807, 2.05) is 26.8 Å². The van der Waals surface area contributed by atoms with Crippen molar-refractivity contribution < 1.29 is 13.6 Å². The molecule has 0 unspecified atom stereocenters. The lowest BCUT2D eigenvalue weighted by atomic mass is 10.2. The number of halogens is 1. The van der Waals surface area contributed by atoms with Crippen molar-refractivity contribution in [2.24, 2.45) is 0 Å². The molecular formula is C18H18FN3O2. The number of carbonyl (C=O) groups excluding carboxylic acids is 1. The molecule has 1 amide bonds. The minimum Gasteiger partial charge on any atom is -0.454 e. The second kappa shape index (κ2) is 6.31. The van der Waals surface area contributed by atoms with Gasteiger partial charge in [-0.1, -0.05) is 6.07 Å². The maximum Gasteiger partial charge on any atom is 0.291 e. The number of rotatable bonds is 4. The van der Waals surface area contributed by atoms with Gasteiger partial charge in [0.2, 0.25) is 0 Å². The molecule has 5 nitrogen and oxygen atoms in total. The molecule has 124 valence electrons. The molecule has 2 heterocycles. The Kier molecular flexibility index (Phi) is 4.20. The summed E-state index contributed by atoms with van der Waals surface area (Å²) in [5.41, 5.74) is 2.93. The predicted octanol–water partition coefficient (Wildman–Crippen LogP) is 3.84. The van der Waals surface area contributed by atoms with E-state index >= 15 is 0 Å². The second-order valence-corrected chi connectivity index (χ2v) is 5.79. The van der Waals surface area contributed by atoms with Crippen LogP contribution in [0.4, 0.5) is 10.1 Å². The summed E-state index contributed by atoms with van der Waals surface area (Å²) >= 11 is 0. The SMILES string of the molecule is Cc1ccc(F)c(NC(=O)c2ccc(Cn3nc(C)cc3C)o2)c1. The first-order valence-electron chi connectivity index (χ1n) is 7.59. The molecule has 0 fully saturated rings. The van der Waals surface area contributed by atoms with Crippen molar-refractivity contribution in [3.8, 4) is 0 Å². The molecule has 0 aliphatic heterocycles. The van der Waals surface area contributed by atoms with Gasteiger partial charge in [0.15, 0.2) is 5.76 Å². The lowest BCUT2D eigenvalue weighted by Gasteiger charge is -2.06. The molecule has 24 heavy (non-hydrogen) atoms. The Morgan fingerprint density at radius 1 is 1.21 bits per heavy atom. The van der Waals surface area contributed by atoms with Crippen LogP contribution in [0.15, 0.2) is 40.8 Å². The molecule has 0 saturated heterocycles. The van der Waals surface area contributed by atoms with Gasteiger partial charge in [-0.2, -0.15) is 5.10 Å². The van der Waals surface area contributed by atoms with Crippen molar-refractivity contribution in [2.75, 3.05) is 5.32 Å². The fourth-order valence-corrected chi connectivity index (χ4v) is 2.49. The van der Waals surface area contributed by atoms with Gasteiger partial charge in [-0.05, 0) is 56.7 Å². The van der Waals surface area contributed by atoms with Crippen molar-refractivity contribution in [2.45, 2.75) is 27.3 Å². The molecule has 3 aromatic rings. The van der Waals surface area contributed by atoms with Gasteiger partial charge in [-0.3, -0.25) is 9.48 Å². The Morgan fingerprint density at radius 2 is 2.00 bits per heavy atom. The van der Waals surface area contributed by atoms with E-state index in [1.54, 1.807) is 28.9 Å². The number of hydrogen-bond acceptors (Lipinski definition) is 3. The number of amides is 1. The number of nitrogens with one attached hydrogen (secondary N) is 1. The summed E-state index contributed by atoms with van der Waals surface area (Å²) in [6, 6.07) is 9.80. The second-order valence-electron chi connectivity index (χ2n) is 5.79. The standard InChI is InChI=1S/C18H18FN3O2/c1-11-4-6-15(19)16(8-11)20-18(23)17-7-5-14(24-17)10-22-13(3)9-12(2)21-22/h4-9H,10H2,1-3H3,(H,20,23). The Balaban J connectivity index is 1.74.